The second-order valence-electron chi connectivity index (χ2n) is 7.37. The molecule has 0 atom stereocenters. The van der Waals surface area contributed by atoms with E-state index in [2.05, 4.69) is 17.4 Å². The number of likely N-dealkylation sites (N-methyl/N-ethyl adjacent to an activating group) is 1. The van der Waals surface area contributed by atoms with Gasteiger partial charge < -0.3 is 14.4 Å². The summed E-state index contributed by atoms with van der Waals surface area (Å²) in [7, 11) is 2.07. The molecule has 0 saturated carbocycles. The van der Waals surface area contributed by atoms with Crippen molar-refractivity contribution in [3.8, 4) is 11.5 Å². The number of hydrogen-bond donors (Lipinski definition) is 1. The van der Waals surface area contributed by atoms with Gasteiger partial charge in [0.2, 0.25) is 12.7 Å². The Morgan fingerprint density at radius 2 is 2.00 bits per heavy atom. The number of piperazine rings is 1. The molecule has 0 bridgehead atoms. The van der Waals surface area contributed by atoms with Crippen molar-refractivity contribution >= 4 is 46.2 Å². The minimum absolute atomic E-state index is 0.0269. The number of hydrogen-bond acceptors (Lipinski definition) is 8. The average Bonchev–Trinajstić information content (AvgIpc) is 3.29. The first kappa shape index (κ1) is 21.1. The molecule has 160 valence electrons. The molecule has 2 amide bonds. The molecule has 1 aromatic rings. The van der Waals surface area contributed by atoms with Crippen LogP contribution in [0.5, 0.6) is 11.5 Å². The molecular formula is C20H24N4O4S2. The number of thiocarbonyl (C=S) groups is 1. The van der Waals surface area contributed by atoms with Crippen LogP contribution in [0.15, 0.2) is 23.1 Å². The van der Waals surface area contributed by atoms with E-state index < -0.39 is 0 Å². The Bertz CT molecular complexity index is 884. The second-order valence-corrected chi connectivity index (χ2v) is 9.05. The average molecular weight is 449 g/mol. The van der Waals surface area contributed by atoms with Crippen molar-refractivity contribution < 1.29 is 19.1 Å². The summed E-state index contributed by atoms with van der Waals surface area (Å²) in [5.41, 5.74) is 3.79. The Hall–Kier alpha value is -2.14. The molecule has 3 aliphatic heterocycles. The molecule has 0 radical (unpaired) electrons. The molecular weight excluding hydrogens is 424 g/mol. The molecule has 0 spiro atoms. The zero-order valence-electron chi connectivity index (χ0n) is 16.8. The normalized spacial score (nSPS) is 21.0. The van der Waals surface area contributed by atoms with Crippen molar-refractivity contribution in [2.45, 2.75) is 12.8 Å². The Morgan fingerprint density at radius 1 is 1.23 bits per heavy atom. The van der Waals surface area contributed by atoms with E-state index in [9.17, 15) is 9.59 Å². The van der Waals surface area contributed by atoms with Crippen molar-refractivity contribution in [3.63, 3.8) is 0 Å². The Labute approximate surface area is 185 Å². The summed E-state index contributed by atoms with van der Waals surface area (Å²) in [5.74, 6) is 1.23. The maximum atomic E-state index is 12.8. The fourth-order valence-corrected chi connectivity index (χ4v) is 4.70. The summed E-state index contributed by atoms with van der Waals surface area (Å²) >= 11 is 6.66. The Balaban J connectivity index is 1.27. The number of hydrazine groups is 1. The molecule has 3 aliphatic rings. The number of benzene rings is 1. The molecule has 0 aromatic heterocycles. The lowest BCUT2D eigenvalue weighted by molar-refractivity contribution is -0.127. The van der Waals surface area contributed by atoms with E-state index in [-0.39, 0.29) is 18.6 Å². The molecule has 8 nitrogen and oxygen atoms in total. The largest absolute Gasteiger partial charge is 0.454 e. The summed E-state index contributed by atoms with van der Waals surface area (Å²) in [6, 6.07) is 5.55. The highest BCUT2D eigenvalue weighted by molar-refractivity contribution is 8.26. The Kier molecular flexibility index (Phi) is 6.57. The van der Waals surface area contributed by atoms with Gasteiger partial charge >= 0.3 is 0 Å². The molecule has 1 N–H and O–H groups in total. The van der Waals surface area contributed by atoms with Gasteiger partial charge in [0.25, 0.3) is 5.91 Å². The minimum atomic E-state index is -0.123. The predicted octanol–water partition coefficient (Wildman–Crippen LogP) is 1.68. The van der Waals surface area contributed by atoms with Crippen molar-refractivity contribution in [1.82, 2.24) is 20.2 Å². The van der Waals surface area contributed by atoms with Crippen LogP contribution in [0.1, 0.15) is 18.4 Å². The van der Waals surface area contributed by atoms with Gasteiger partial charge in [-0.15, -0.1) is 0 Å². The highest BCUT2D eigenvalue weighted by Gasteiger charge is 2.31. The molecule has 0 unspecified atom stereocenters. The van der Waals surface area contributed by atoms with E-state index in [0.717, 1.165) is 31.7 Å². The van der Waals surface area contributed by atoms with Crippen LogP contribution in [0, 0.1) is 0 Å². The number of nitrogens with one attached hydrogen (secondary N) is 1. The van der Waals surface area contributed by atoms with Crippen molar-refractivity contribution in [2.24, 2.45) is 0 Å². The molecule has 4 rings (SSSR count). The number of amides is 2. The summed E-state index contributed by atoms with van der Waals surface area (Å²) in [6.45, 7) is 4.16. The van der Waals surface area contributed by atoms with Gasteiger partial charge in [-0.2, -0.15) is 0 Å². The van der Waals surface area contributed by atoms with Crippen LogP contribution in [0.25, 0.3) is 6.08 Å². The highest BCUT2D eigenvalue weighted by atomic mass is 32.2. The number of carbonyl (C=O) groups is 2. The van der Waals surface area contributed by atoms with E-state index in [1.54, 1.807) is 11.0 Å². The number of rotatable bonds is 6. The standard InChI is InChI=1S/C20H24N4O4S2/c1-22-7-9-23(10-8-22)21-18(25)3-2-6-24-19(26)17(30-20(24)29)12-14-4-5-15-16(11-14)28-13-27-15/h4-5,11-12H,2-3,6-10,13H2,1H3,(H,21,25). The molecule has 2 saturated heterocycles. The lowest BCUT2D eigenvalue weighted by Gasteiger charge is -2.32. The minimum Gasteiger partial charge on any atom is -0.454 e. The van der Waals surface area contributed by atoms with E-state index in [1.165, 1.54) is 11.8 Å². The SMILES string of the molecule is CN1CCN(NC(=O)CCCN2C(=O)C(=Cc3ccc4c(c3)OCO4)SC2=S)CC1. The summed E-state index contributed by atoms with van der Waals surface area (Å²) < 4.78 is 11.2. The van der Waals surface area contributed by atoms with Crippen LogP contribution < -0.4 is 14.9 Å². The first-order valence-electron chi connectivity index (χ1n) is 9.87. The van der Waals surface area contributed by atoms with Gasteiger partial charge in [0.15, 0.2) is 11.5 Å². The molecule has 2 fully saturated rings. The van der Waals surface area contributed by atoms with Gasteiger partial charge in [-0.1, -0.05) is 30.0 Å². The van der Waals surface area contributed by atoms with Crippen LogP contribution in [-0.4, -0.2) is 77.5 Å². The van der Waals surface area contributed by atoms with Gasteiger partial charge in [-0.05, 0) is 37.2 Å². The van der Waals surface area contributed by atoms with Crippen LogP contribution in [-0.2, 0) is 9.59 Å². The molecule has 0 aliphatic carbocycles. The summed E-state index contributed by atoms with van der Waals surface area (Å²) in [5, 5.41) is 1.95. The third kappa shape index (κ3) is 4.94. The highest BCUT2D eigenvalue weighted by Crippen LogP contribution is 2.36. The number of ether oxygens (including phenoxy) is 2. The lowest BCUT2D eigenvalue weighted by atomic mass is 10.2. The third-order valence-corrected chi connectivity index (χ3v) is 6.52. The fraction of sp³-hybridized carbons (Fsp3) is 0.450. The zero-order chi connectivity index (χ0) is 21.1. The van der Waals surface area contributed by atoms with E-state index in [0.29, 0.717) is 40.1 Å². The van der Waals surface area contributed by atoms with E-state index in [1.807, 2.05) is 23.2 Å². The van der Waals surface area contributed by atoms with Crippen molar-refractivity contribution in [3.05, 3.63) is 28.7 Å². The lowest BCUT2D eigenvalue weighted by Crippen LogP contribution is -2.52. The monoisotopic (exact) mass is 448 g/mol. The zero-order valence-corrected chi connectivity index (χ0v) is 18.4. The number of fused-ring (bicyclic) bond motifs is 1. The van der Waals surface area contributed by atoms with Gasteiger partial charge in [-0.25, -0.2) is 5.01 Å². The quantitative estimate of drug-likeness (QED) is 0.521. The van der Waals surface area contributed by atoms with E-state index >= 15 is 0 Å². The maximum absolute atomic E-state index is 12.8. The van der Waals surface area contributed by atoms with Gasteiger partial charge in [0, 0.05) is 39.1 Å². The molecule has 10 heteroatoms. The van der Waals surface area contributed by atoms with Crippen LogP contribution in [0.2, 0.25) is 0 Å². The van der Waals surface area contributed by atoms with Crippen molar-refractivity contribution in [1.29, 1.82) is 0 Å². The summed E-state index contributed by atoms with van der Waals surface area (Å²) in [4.78, 5) is 29.3. The predicted molar refractivity (Wildman–Crippen MR) is 119 cm³/mol. The van der Waals surface area contributed by atoms with Crippen LogP contribution in [0.4, 0.5) is 0 Å². The van der Waals surface area contributed by atoms with E-state index in [4.69, 9.17) is 21.7 Å². The van der Waals surface area contributed by atoms with Gasteiger partial charge in [0.05, 0.1) is 4.91 Å². The first-order valence-corrected chi connectivity index (χ1v) is 11.1. The van der Waals surface area contributed by atoms with Crippen LogP contribution in [0.3, 0.4) is 0 Å². The molecule has 30 heavy (non-hydrogen) atoms. The maximum Gasteiger partial charge on any atom is 0.266 e. The fourth-order valence-electron chi connectivity index (χ4n) is 3.40. The number of thioether (sulfide) groups is 1. The summed E-state index contributed by atoms with van der Waals surface area (Å²) in [6.07, 6.45) is 2.72. The number of carbonyl (C=O) groups excluding carboxylic acids is 2. The molecule has 1 aromatic carbocycles. The first-order chi connectivity index (χ1) is 14.5. The smallest absolute Gasteiger partial charge is 0.266 e. The van der Waals surface area contributed by atoms with Gasteiger partial charge in [0.1, 0.15) is 4.32 Å². The topological polar surface area (TPSA) is 74.4 Å². The third-order valence-electron chi connectivity index (χ3n) is 5.14. The van der Waals surface area contributed by atoms with Gasteiger partial charge in [-0.3, -0.25) is 19.9 Å². The van der Waals surface area contributed by atoms with Crippen molar-refractivity contribution in [2.75, 3.05) is 46.6 Å². The Morgan fingerprint density at radius 3 is 2.80 bits per heavy atom. The number of nitrogens with zero attached hydrogens (tertiary/aromatic N) is 3. The second kappa shape index (κ2) is 9.34. The van der Waals surface area contributed by atoms with Crippen LogP contribution >= 0.6 is 24.0 Å². The molecule has 3 heterocycles.